The molecule has 0 saturated heterocycles. The minimum Gasteiger partial charge on any atom is -0.382 e. The largest absolute Gasteiger partial charge is 0.382 e. The normalized spacial score (nSPS) is 13.9. The lowest BCUT2D eigenvalue weighted by Crippen LogP contribution is -2.40. The van der Waals surface area contributed by atoms with Gasteiger partial charge in [-0.15, -0.1) is 0 Å². The van der Waals surface area contributed by atoms with Gasteiger partial charge in [0.15, 0.2) is 0 Å². The topological polar surface area (TPSA) is 109 Å². The van der Waals surface area contributed by atoms with Gasteiger partial charge in [0.05, 0.1) is 5.75 Å². The zero-order valence-corrected chi connectivity index (χ0v) is 8.88. The molecule has 6 nitrogen and oxygen atoms in total. The van der Waals surface area contributed by atoms with Crippen LogP contribution < -0.4 is 10.5 Å². The molecule has 84 valence electrons. The van der Waals surface area contributed by atoms with Gasteiger partial charge in [-0.3, -0.25) is 4.79 Å². The van der Waals surface area contributed by atoms with Crippen molar-refractivity contribution >= 4 is 15.9 Å². The molecule has 0 aliphatic carbocycles. The number of nitrogens with one attached hydrogen (secondary N) is 1. The van der Waals surface area contributed by atoms with E-state index in [1.54, 1.807) is 0 Å². The van der Waals surface area contributed by atoms with Gasteiger partial charge in [0, 0.05) is 6.54 Å². The van der Waals surface area contributed by atoms with Crippen LogP contribution in [0.2, 0.25) is 0 Å². The average molecular weight is 224 g/mol. The highest BCUT2D eigenvalue weighted by Gasteiger charge is 2.15. The maximum Gasteiger partial charge on any atom is 0.247 e. The Hall–Kier alpha value is -0.660. The molecule has 0 rings (SSSR count). The van der Waals surface area contributed by atoms with Gasteiger partial charge in [0.2, 0.25) is 15.9 Å². The smallest absolute Gasteiger partial charge is 0.247 e. The lowest BCUT2D eigenvalue weighted by Gasteiger charge is -2.08. The van der Waals surface area contributed by atoms with Crippen molar-refractivity contribution in [2.75, 3.05) is 12.3 Å². The number of nitrogens with two attached hydrogens (primary N) is 1. The van der Waals surface area contributed by atoms with E-state index in [0.29, 0.717) is 6.42 Å². The van der Waals surface area contributed by atoms with Gasteiger partial charge in [-0.1, -0.05) is 13.3 Å². The molecule has 0 aromatic rings. The van der Waals surface area contributed by atoms with Gasteiger partial charge in [-0.2, -0.15) is 0 Å². The molecule has 0 heterocycles. The Labute approximate surface area is 83.5 Å². The molecule has 14 heavy (non-hydrogen) atoms. The van der Waals surface area contributed by atoms with Crippen molar-refractivity contribution in [2.45, 2.75) is 25.9 Å². The Kier molecular flexibility index (Phi) is 5.66. The molecule has 0 aliphatic heterocycles. The third-order valence-electron chi connectivity index (χ3n) is 1.59. The summed E-state index contributed by atoms with van der Waals surface area (Å²) in [5, 5.41) is 8.91. The summed E-state index contributed by atoms with van der Waals surface area (Å²) in [6.07, 6.45) is -0.159. The lowest BCUT2D eigenvalue weighted by molar-refractivity contribution is -0.125. The van der Waals surface area contributed by atoms with Gasteiger partial charge in [-0.25, -0.2) is 13.1 Å². The predicted octanol–water partition coefficient (Wildman–Crippen LogP) is -1.45. The van der Waals surface area contributed by atoms with Crippen LogP contribution in [-0.4, -0.2) is 37.8 Å². The monoisotopic (exact) mass is 224 g/mol. The highest BCUT2D eigenvalue weighted by molar-refractivity contribution is 7.89. The van der Waals surface area contributed by atoms with Crippen molar-refractivity contribution in [3.05, 3.63) is 0 Å². The van der Waals surface area contributed by atoms with E-state index in [2.05, 4.69) is 4.72 Å². The highest BCUT2D eigenvalue weighted by atomic mass is 32.2. The minimum absolute atomic E-state index is 0.00498. The number of sulfonamides is 1. The molecule has 7 heteroatoms. The second-order valence-electron chi connectivity index (χ2n) is 2.94. The van der Waals surface area contributed by atoms with Crippen LogP contribution in [0.1, 0.15) is 19.8 Å². The fourth-order valence-corrected chi connectivity index (χ4v) is 1.94. The van der Waals surface area contributed by atoms with Gasteiger partial charge < -0.3 is 10.8 Å². The first-order chi connectivity index (χ1) is 6.39. The van der Waals surface area contributed by atoms with Crippen molar-refractivity contribution in [3.8, 4) is 0 Å². The summed E-state index contributed by atoms with van der Waals surface area (Å²) >= 11 is 0. The Morgan fingerprint density at radius 2 is 2.14 bits per heavy atom. The zero-order chi connectivity index (χ0) is 11.2. The van der Waals surface area contributed by atoms with E-state index in [0.717, 1.165) is 6.42 Å². The van der Waals surface area contributed by atoms with Crippen LogP contribution in [0.15, 0.2) is 0 Å². The molecule has 0 aromatic heterocycles. The summed E-state index contributed by atoms with van der Waals surface area (Å²) in [5.41, 5.74) is 4.74. The molecule has 0 radical (unpaired) electrons. The van der Waals surface area contributed by atoms with E-state index in [9.17, 15) is 13.2 Å². The first kappa shape index (κ1) is 13.3. The van der Waals surface area contributed by atoms with Crippen LogP contribution in [0, 0.1) is 0 Å². The Morgan fingerprint density at radius 3 is 2.57 bits per heavy atom. The molecular formula is C7H16N2O4S. The van der Waals surface area contributed by atoms with Gasteiger partial charge >= 0.3 is 0 Å². The molecular weight excluding hydrogens is 208 g/mol. The van der Waals surface area contributed by atoms with Crippen molar-refractivity contribution in [2.24, 2.45) is 5.73 Å². The number of amides is 1. The second kappa shape index (κ2) is 5.94. The van der Waals surface area contributed by atoms with Crippen LogP contribution in [0.5, 0.6) is 0 Å². The van der Waals surface area contributed by atoms with Crippen LogP contribution in [0.4, 0.5) is 0 Å². The van der Waals surface area contributed by atoms with Crippen LogP contribution in [-0.2, 0) is 14.8 Å². The average Bonchev–Trinajstić information content (AvgIpc) is 2.11. The van der Waals surface area contributed by atoms with Crippen molar-refractivity contribution in [1.29, 1.82) is 0 Å². The summed E-state index contributed by atoms with van der Waals surface area (Å²) in [6, 6.07) is 0. The maximum atomic E-state index is 11.1. The Bertz CT molecular complexity index is 275. The third kappa shape index (κ3) is 5.90. The van der Waals surface area contributed by atoms with Gasteiger partial charge in [0.1, 0.15) is 6.10 Å². The number of hydrogen-bond donors (Lipinski definition) is 3. The molecule has 1 amide bonds. The number of aliphatic hydroxyl groups excluding tert-OH is 1. The third-order valence-corrected chi connectivity index (χ3v) is 3.02. The fraction of sp³-hybridized carbons (Fsp3) is 0.857. The molecule has 0 aromatic carbocycles. The molecule has 0 saturated carbocycles. The zero-order valence-electron chi connectivity index (χ0n) is 8.06. The Morgan fingerprint density at radius 1 is 1.57 bits per heavy atom. The summed E-state index contributed by atoms with van der Waals surface area (Å²) in [4.78, 5) is 10.4. The maximum absolute atomic E-state index is 11.1. The highest BCUT2D eigenvalue weighted by Crippen LogP contribution is 1.93. The van der Waals surface area contributed by atoms with E-state index in [-0.39, 0.29) is 12.3 Å². The molecule has 4 N–H and O–H groups in total. The van der Waals surface area contributed by atoms with Crippen molar-refractivity contribution in [3.63, 3.8) is 0 Å². The SMILES string of the molecule is CCCCS(=O)(=O)NCC(O)C(N)=O. The number of unbranched alkanes of at least 4 members (excludes halogenated alkanes) is 1. The quantitative estimate of drug-likeness (QED) is 0.491. The van der Waals surface area contributed by atoms with E-state index in [1.165, 1.54) is 0 Å². The first-order valence-corrected chi connectivity index (χ1v) is 5.99. The number of hydrogen-bond acceptors (Lipinski definition) is 4. The van der Waals surface area contributed by atoms with E-state index in [1.807, 2.05) is 6.92 Å². The molecule has 0 spiro atoms. The summed E-state index contributed by atoms with van der Waals surface area (Å²) < 4.78 is 24.4. The summed E-state index contributed by atoms with van der Waals surface area (Å²) in [7, 11) is -3.39. The minimum atomic E-state index is -3.39. The lowest BCUT2D eigenvalue weighted by atomic mass is 10.3. The number of primary amides is 1. The summed E-state index contributed by atoms with van der Waals surface area (Å²) in [5.74, 6) is -0.946. The standard InChI is InChI=1S/C7H16N2O4S/c1-2-3-4-14(12,13)9-5-6(10)7(8)11/h6,9-10H,2-5H2,1H3,(H2,8,11). The van der Waals surface area contributed by atoms with Gasteiger partial charge in [-0.05, 0) is 6.42 Å². The number of carbonyl (C=O) groups is 1. The fourth-order valence-electron chi connectivity index (χ4n) is 0.713. The number of carbonyl (C=O) groups excluding carboxylic acids is 1. The summed E-state index contributed by atoms with van der Waals surface area (Å²) in [6.45, 7) is 1.51. The molecule has 0 bridgehead atoms. The predicted molar refractivity (Wildman–Crippen MR) is 51.9 cm³/mol. The van der Waals surface area contributed by atoms with E-state index in [4.69, 9.17) is 10.8 Å². The van der Waals surface area contributed by atoms with E-state index >= 15 is 0 Å². The molecule has 1 atom stereocenters. The van der Waals surface area contributed by atoms with Crippen LogP contribution in [0.25, 0.3) is 0 Å². The first-order valence-electron chi connectivity index (χ1n) is 4.33. The molecule has 0 fully saturated rings. The van der Waals surface area contributed by atoms with Crippen molar-refractivity contribution < 1.29 is 18.3 Å². The number of aliphatic hydroxyl groups is 1. The molecule has 0 aliphatic rings. The van der Waals surface area contributed by atoms with Crippen LogP contribution in [0.3, 0.4) is 0 Å². The van der Waals surface area contributed by atoms with E-state index < -0.39 is 22.0 Å². The molecule has 1 unspecified atom stereocenters. The second-order valence-corrected chi connectivity index (χ2v) is 4.87. The van der Waals surface area contributed by atoms with Gasteiger partial charge in [0.25, 0.3) is 0 Å². The van der Waals surface area contributed by atoms with Crippen LogP contribution >= 0.6 is 0 Å². The Balaban J connectivity index is 3.93. The van der Waals surface area contributed by atoms with Crippen molar-refractivity contribution in [1.82, 2.24) is 4.72 Å². The number of rotatable bonds is 7.